The molecule has 0 heterocycles. The molecule has 0 aromatic heterocycles. The molecule has 0 bridgehead atoms. The Morgan fingerprint density at radius 1 is 1.28 bits per heavy atom. The lowest BCUT2D eigenvalue weighted by Crippen LogP contribution is -2.28. The molecule has 0 unspecified atom stereocenters. The Morgan fingerprint density at radius 2 is 1.83 bits per heavy atom. The second-order valence-electron chi connectivity index (χ2n) is 4.25. The molecule has 1 amide bonds. The van der Waals surface area contributed by atoms with Crippen LogP contribution in [0.3, 0.4) is 0 Å². The third-order valence-electron chi connectivity index (χ3n) is 2.65. The molecular weight excluding hydrogens is 250 g/mol. The summed E-state index contributed by atoms with van der Waals surface area (Å²) in [5.74, 6) is -0.503. The average Bonchev–Trinajstić information content (AvgIpc) is 2.27. The fourth-order valence-corrected chi connectivity index (χ4v) is 2.35. The van der Waals surface area contributed by atoms with E-state index in [1.54, 1.807) is 12.1 Å². The number of carbonyl (C=O) groups is 1. The van der Waals surface area contributed by atoms with Crippen molar-refractivity contribution >= 4 is 28.9 Å². The average molecular weight is 270 g/mol. The molecule has 0 atom stereocenters. The first-order chi connectivity index (χ1) is 8.51. The monoisotopic (exact) mass is 269 g/mol. The maximum Gasteiger partial charge on any atom is 0.250 e. The SMILES string of the molecule is CCCN(CCC)c1c(Cl)cc(N)cc1C(N)=O. The van der Waals surface area contributed by atoms with Gasteiger partial charge < -0.3 is 16.4 Å². The number of nitrogen functional groups attached to an aromatic ring is 1. The summed E-state index contributed by atoms with van der Waals surface area (Å²) in [6.45, 7) is 5.82. The molecule has 4 N–H and O–H groups in total. The Hall–Kier alpha value is -1.42. The van der Waals surface area contributed by atoms with Crippen LogP contribution in [0, 0.1) is 0 Å². The van der Waals surface area contributed by atoms with Crippen molar-refractivity contribution in [1.82, 2.24) is 0 Å². The third kappa shape index (κ3) is 3.29. The molecule has 0 radical (unpaired) electrons. The van der Waals surface area contributed by atoms with E-state index in [-0.39, 0.29) is 0 Å². The van der Waals surface area contributed by atoms with Gasteiger partial charge in [0.15, 0.2) is 0 Å². The minimum absolute atomic E-state index is 0.391. The maximum absolute atomic E-state index is 11.5. The largest absolute Gasteiger partial charge is 0.399 e. The van der Waals surface area contributed by atoms with Crippen molar-refractivity contribution in [3.8, 4) is 0 Å². The smallest absolute Gasteiger partial charge is 0.250 e. The summed E-state index contributed by atoms with van der Waals surface area (Å²) in [7, 11) is 0. The first-order valence-corrected chi connectivity index (χ1v) is 6.52. The Morgan fingerprint density at radius 3 is 2.28 bits per heavy atom. The van der Waals surface area contributed by atoms with Crippen LogP contribution in [0.15, 0.2) is 12.1 Å². The molecule has 0 aliphatic rings. The van der Waals surface area contributed by atoms with E-state index in [0.29, 0.717) is 22.0 Å². The molecule has 18 heavy (non-hydrogen) atoms. The minimum Gasteiger partial charge on any atom is -0.399 e. The maximum atomic E-state index is 11.5. The van der Waals surface area contributed by atoms with Gasteiger partial charge in [0.25, 0.3) is 5.91 Å². The van der Waals surface area contributed by atoms with Crippen LogP contribution in [0.25, 0.3) is 0 Å². The van der Waals surface area contributed by atoms with Gasteiger partial charge in [-0.05, 0) is 25.0 Å². The number of halogens is 1. The van der Waals surface area contributed by atoms with Crippen molar-refractivity contribution in [2.75, 3.05) is 23.7 Å². The predicted molar refractivity (Wildman–Crippen MR) is 77.2 cm³/mol. The van der Waals surface area contributed by atoms with Gasteiger partial charge in [-0.1, -0.05) is 25.4 Å². The van der Waals surface area contributed by atoms with Crippen LogP contribution in [0.1, 0.15) is 37.0 Å². The van der Waals surface area contributed by atoms with E-state index in [9.17, 15) is 4.79 Å². The van der Waals surface area contributed by atoms with E-state index < -0.39 is 5.91 Å². The highest BCUT2D eigenvalue weighted by Gasteiger charge is 2.18. The number of anilines is 2. The molecule has 0 aliphatic heterocycles. The van der Waals surface area contributed by atoms with Crippen LogP contribution < -0.4 is 16.4 Å². The van der Waals surface area contributed by atoms with E-state index in [1.807, 2.05) is 0 Å². The zero-order valence-corrected chi connectivity index (χ0v) is 11.6. The van der Waals surface area contributed by atoms with Gasteiger partial charge in [-0.15, -0.1) is 0 Å². The third-order valence-corrected chi connectivity index (χ3v) is 2.94. The molecule has 100 valence electrons. The number of rotatable bonds is 6. The van der Waals surface area contributed by atoms with Gasteiger partial charge in [-0.25, -0.2) is 0 Å². The highest BCUT2D eigenvalue weighted by atomic mass is 35.5. The molecule has 1 rings (SSSR count). The Balaban J connectivity index is 3.30. The van der Waals surface area contributed by atoms with Crippen molar-refractivity contribution in [2.45, 2.75) is 26.7 Å². The highest BCUT2D eigenvalue weighted by Crippen LogP contribution is 2.32. The fourth-order valence-electron chi connectivity index (χ4n) is 2.00. The van der Waals surface area contributed by atoms with E-state index in [0.717, 1.165) is 25.9 Å². The lowest BCUT2D eigenvalue weighted by atomic mass is 10.1. The van der Waals surface area contributed by atoms with Crippen molar-refractivity contribution < 1.29 is 4.79 Å². The molecule has 5 heteroatoms. The van der Waals surface area contributed by atoms with Crippen molar-refractivity contribution in [3.05, 3.63) is 22.7 Å². The molecule has 4 nitrogen and oxygen atoms in total. The first kappa shape index (κ1) is 14.6. The fraction of sp³-hybridized carbons (Fsp3) is 0.462. The number of benzene rings is 1. The van der Waals surface area contributed by atoms with Crippen molar-refractivity contribution in [1.29, 1.82) is 0 Å². The van der Waals surface area contributed by atoms with Gasteiger partial charge in [0.05, 0.1) is 16.3 Å². The van der Waals surface area contributed by atoms with Gasteiger partial charge in [0.1, 0.15) is 0 Å². The van der Waals surface area contributed by atoms with Crippen molar-refractivity contribution in [2.24, 2.45) is 5.73 Å². The molecule has 0 spiro atoms. The summed E-state index contributed by atoms with van der Waals surface area (Å²) < 4.78 is 0. The Kier molecular flexibility index (Phi) is 5.28. The number of carbonyl (C=O) groups excluding carboxylic acids is 1. The lowest BCUT2D eigenvalue weighted by molar-refractivity contribution is 0.100. The van der Waals surface area contributed by atoms with Crippen LogP contribution in [0.4, 0.5) is 11.4 Å². The summed E-state index contributed by atoms with van der Waals surface area (Å²) in [6, 6.07) is 3.24. The molecule has 0 saturated carbocycles. The van der Waals surface area contributed by atoms with Gasteiger partial charge in [-0.3, -0.25) is 4.79 Å². The zero-order chi connectivity index (χ0) is 13.7. The predicted octanol–water partition coefficient (Wildman–Crippen LogP) is 2.65. The minimum atomic E-state index is -0.503. The Bertz CT molecular complexity index is 428. The van der Waals surface area contributed by atoms with Crippen molar-refractivity contribution in [3.63, 3.8) is 0 Å². The summed E-state index contributed by atoms with van der Waals surface area (Å²) in [5.41, 5.74) is 12.6. The topological polar surface area (TPSA) is 72.3 Å². The number of amides is 1. The van der Waals surface area contributed by atoms with Crippen LogP contribution in [0.5, 0.6) is 0 Å². The van der Waals surface area contributed by atoms with Gasteiger partial charge >= 0.3 is 0 Å². The quantitative estimate of drug-likeness (QED) is 0.780. The number of nitrogens with two attached hydrogens (primary N) is 2. The van der Waals surface area contributed by atoms with E-state index >= 15 is 0 Å². The van der Waals surface area contributed by atoms with Crippen LogP contribution in [-0.4, -0.2) is 19.0 Å². The standard InChI is InChI=1S/C13H20ClN3O/c1-3-5-17(6-4-2)12-10(13(16)18)7-9(15)8-11(12)14/h7-8H,3-6,15H2,1-2H3,(H2,16,18). The lowest BCUT2D eigenvalue weighted by Gasteiger charge is -2.27. The summed E-state index contributed by atoms with van der Waals surface area (Å²) in [6.07, 6.45) is 1.94. The van der Waals surface area contributed by atoms with Gasteiger partial charge in [0, 0.05) is 18.8 Å². The molecule has 1 aromatic rings. The molecule has 1 aromatic carbocycles. The summed E-state index contributed by atoms with van der Waals surface area (Å²) in [4.78, 5) is 13.6. The first-order valence-electron chi connectivity index (χ1n) is 6.15. The number of nitrogens with zero attached hydrogens (tertiary/aromatic N) is 1. The van der Waals surface area contributed by atoms with E-state index in [2.05, 4.69) is 18.7 Å². The van der Waals surface area contributed by atoms with E-state index in [1.165, 1.54) is 0 Å². The number of hydrogen-bond donors (Lipinski definition) is 2. The molecule has 0 fully saturated rings. The second kappa shape index (κ2) is 6.50. The molecule has 0 saturated heterocycles. The molecule has 0 aliphatic carbocycles. The number of primary amides is 1. The van der Waals surface area contributed by atoms with E-state index in [4.69, 9.17) is 23.1 Å². The molecular formula is C13H20ClN3O. The highest BCUT2D eigenvalue weighted by molar-refractivity contribution is 6.34. The van der Waals surface area contributed by atoms with Crippen LogP contribution in [-0.2, 0) is 0 Å². The van der Waals surface area contributed by atoms with Gasteiger partial charge in [-0.2, -0.15) is 0 Å². The summed E-state index contributed by atoms with van der Waals surface area (Å²) in [5, 5.41) is 0.478. The number of hydrogen-bond acceptors (Lipinski definition) is 3. The Labute approximate surface area is 113 Å². The second-order valence-corrected chi connectivity index (χ2v) is 4.66. The zero-order valence-electron chi connectivity index (χ0n) is 10.9. The normalized spacial score (nSPS) is 10.4. The van der Waals surface area contributed by atoms with Gasteiger partial charge in [0.2, 0.25) is 0 Å². The van der Waals surface area contributed by atoms with Crippen LogP contribution >= 0.6 is 11.6 Å². The summed E-state index contributed by atoms with van der Waals surface area (Å²) >= 11 is 6.22. The van der Waals surface area contributed by atoms with Crippen LogP contribution in [0.2, 0.25) is 5.02 Å².